The van der Waals surface area contributed by atoms with Crippen LogP contribution in [0.25, 0.3) is 10.9 Å². The number of aromatic nitrogens is 3. The number of hydrogen-bond acceptors (Lipinski definition) is 6. The molecule has 4 aromatic rings. The first-order valence-corrected chi connectivity index (χ1v) is 13.3. The number of carbonyl (C=O) groups excluding carboxylic acids is 2. The predicted octanol–water partition coefficient (Wildman–Crippen LogP) is 3.81. The van der Waals surface area contributed by atoms with Gasteiger partial charge in [-0.1, -0.05) is 17.7 Å². The first-order chi connectivity index (χ1) is 17.7. The molecule has 2 amide bonds. The number of rotatable bonds is 6. The average Bonchev–Trinajstić information content (AvgIpc) is 3.31. The summed E-state index contributed by atoms with van der Waals surface area (Å²) in [5.41, 5.74) is 1.40. The fourth-order valence-corrected chi connectivity index (χ4v) is 5.51. The number of benzene rings is 2. The summed E-state index contributed by atoms with van der Waals surface area (Å²) in [6.07, 6.45) is 4.52. The van der Waals surface area contributed by atoms with Crippen molar-refractivity contribution in [1.29, 1.82) is 0 Å². The number of nitrogens with one attached hydrogen (secondary N) is 1. The summed E-state index contributed by atoms with van der Waals surface area (Å²) in [5, 5.41) is 1.56. The first kappa shape index (κ1) is 24.7. The number of halogens is 1. The second-order valence-corrected chi connectivity index (χ2v) is 10.7. The van der Waals surface area contributed by atoms with Gasteiger partial charge in [-0.2, -0.15) is 0 Å². The predicted molar refractivity (Wildman–Crippen MR) is 144 cm³/mol. The number of hydrogen-bond donors (Lipinski definition) is 1. The van der Waals surface area contributed by atoms with Crippen molar-refractivity contribution in [3.8, 4) is 0 Å². The average molecular weight is 543 g/mol. The Balaban J connectivity index is 0.00000210. The molecule has 0 spiro atoms. The highest BCUT2D eigenvalue weighted by atomic mass is 35.5. The molecule has 1 atom stereocenters. The fourth-order valence-electron chi connectivity index (χ4n) is 4.33. The van der Waals surface area contributed by atoms with Crippen molar-refractivity contribution in [3.05, 3.63) is 78.3 Å². The van der Waals surface area contributed by atoms with Gasteiger partial charge >= 0.3 is 0 Å². The van der Waals surface area contributed by atoms with Crippen molar-refractivity contribution < 1.29 is 20.9 Å². The van der Waals surface area contributed by atoms with Crippen LogP contribution in [0.4, 0.5) is 11.5 Å². The lowest BCUT2D eigenvalue weighted by Crippen LogP contribution is -2.53. The molecule has 37 heavy (non-hydrogen) atoms. The standard InChI is InChI=1S/C25H23ClN6O4S.2H2/c1-17(31-11-9-18-2-3-19(26)14-22(18)31)25(34)30-12-13-32(24(33)15-30)20-4-6-21(7-5-20)37(35,36)29-23-8-10-27-16-28-23;;/h2-11,14,16-17H,12-13,15H2,1H3,(H,27,28,29);2*1H/t17-;;/m0../s1. The molecule has 10 nitrogen and oxygen atoms in total. The Kier molecular flexibility index (Phi) is 6.57. The Morgan fingerprint density at radius 2 is 1.89 bits per heavy atom. The molecular weight excluding hydrogens is 516 g/mol. The lowest BCUT2D eigenvalue weighted by molar-refractivity contribution is -0.139. The van der Waals surface area contributed by atoms with E-state index in [1.165, 1.54) is 30.7 Å². The maximum atomic E-state index is 13.2. The van der Waals surface area contributed by atoms with Crippen molar-refractivity contribution in [1.82, 2.24) is 19.4 Å². The highest BCUT2D eigenvalue weighted by Crippen LogP contribution is 2.26. The SMILES string of the molecule is C[C@@H](C(=O)N1CCN(c2ccc(S(=O)(=O)Nc3ccncn3)cc2)C(=O)C1)n1ccc2ccc(Cl)cc21.[HH].[HH]. The highest BCUT2D eigenvalue weighted by Gasteiger charge is 2.31. The minimum absolute atomic E-state index is 0. The van der Waals surface area contributed by atoms with E-state index in [0.29, 0.717) is 23.8 Å². The zero-order chi connectivity index (χ0) is 26.2. The van der Waals surface area contributed by atoms with Crippen molar-refractivity contribution in [3.63, 3.8) is 0 Å². The van der Waals surface area contributed by atoms with Crippen LogP contribution in [-0.4, -0.2) is 59.3 Å². The minimum Gasteiger partial charge on any atom is -0.335 e. The van der Waals surface area contributed by atoms with Gasteiger partial charge in [-0.05, 0) is 60.8 Å². The summed E-state index contributed by atoms with van der Waals surface area (Å²) in [6.45, 7) is 2.37. The second-order valence-electron chi connectivity index (χ2n) is 8.60. The van der Waals surface area contributed by atoms with Crippen LogP contribution < -0.4 is 9.62 Å². The normalized spacial score (nSPS) is 15.1. The molecule has 1 saturated heterocycles. The summed E-state index contributed by atoms with van der Waals surface area (Å²) >= 11 is 6.14. The van der Waals surface area contributed by atoms with Crippen LogP contribution >= 0.6 is 11.6 Å². The molecule has 0 aliphatic carbocycles. The van der Waals surface area contributed by atoms with Crippen LogP contribution in [0.5, 0.6) is 0 Å². The lowest BCUT2D eigenvalue weighted by atomic mass is 10.2. The fraction of sp³-hybridized carbons (Fsp3) is 0.200. The summed E-state index contributed by atoms with van der Waals surface area (Å²) in [5.74, 6) is -0.259. The van der Waals surface area contributed by atoms with E-state index < -0.39 is 16.1 Å². The molecular formula is C25H27ClN6O4S. The molecule has 1 aliphatic heterocycles. The zero-order valence-corrected chi connectivity index (χ0v) is 21.4. The van der Waals surface area contributed by atoms with Gasteiger partial charge < -0.3 is 14.4 Å². The Bertz CT molecular complexity index is 1590. The topological polar surface area (TPSA) is 118 Å². The summed E-state index contributed by atoms with van der Waals surface area (Å²) in [4.78, 5) is 36.9. The van der Waals surface area contributed by atoms with E-state index in [-0.39, 0.29) is 31.9 Å². The van der Waals surface area contributed by atoms with Gasteiger partial charge in [-0.15, -0.1) is 0 Å². The minimum atomic E-state index is -3.85. The maximum absolute atomic E-state index is 13.2. The number of anilines is 2. The number of amides is 2. The van der Waals surface area contributed by atoms with Gasteiger partial charge in [0.1, 0.15) is 24.7 Å². The molecule has 12 heteroatoms. The quantitative estimate of drug-likeness (QED) is 0.396. The second kappa shape index (κ2) is 9.83. The molecule has 1 N–H and O–H groups in total. The van der Waals surface area contributed by atoms with Gasteiger partial charge in [0.2, 0.25) is 11.8 Å². The summed E-state index contributed by atoms with van der Waals surface area (Å²) in [6, 6.07) is 14.4. The van der Waals surface area contributed by atoms with Crippen LogP contribution in [0.2, 0.25) is 5.02 Å². The third kappa shape index (κ3) is 5.00. The van der Waals surface area contributed by atoms with Crippen molar-refractivity contribution in [2.45, 2.75) is 17.9 Å². The molecule has 5 rings (SSSR count). The summed E-state index contributed by atoms with van der Waals surface area (Å²) in [7, 11) is -3.85. The zero-order valence-electron chi connectivity index (χ0n) is 19.8. The molecule has 2 aromatic heterocycles. The third-order valence-corrected chi connectivity index (χ3v) is 7.88. The smallest absolute Gasteiger partial charge is 0.263 e. The van der Waals surface area contributed by atoms with Gasteiger partial charge in [-0.3, -0.25) is 14.3 Å². The third-order valence-electron chi connectivity index (χ3n) is 6.27. The van der Waals surface area contributed by atoms with E-state index in [2.05, 4.69) is 14.7 Å². The molecule has 3 heterocycles. The van der Waals surface area contributed by atoms with Crippen molar-refractivity contribution >= 4 is 55.8 Å². The van der Waals surface area contributed by atoms with E-state index in [1.54, 1.807) is 34.9 Å². The van der Waals surface area contributed by atoms with Gasteiger partial charge in [0.05, 0.1) is 10.4 Å². The Labute approximate surface area is 221 Å². The molecule has 0 radical (unpaired) electrons. The lowest BCUT2D eigenvalue weighted by Gasteiger charge is -2.35. The molecule has 0 saturated carbocycles. The molecule has 0 bridgehead atoms. The van der Waals surface area contributed by atoms with Gasteiger partial charge in [0.15, 0.2) is 0 Å². The van der Waals surface area contributed by atoms with Crippen LogP contribution in [-0.2, 0) is 19.6 Å². The van der Waals surface area contributed by atoms with E-state index >= 15 is 0 Å². The maximum Gasteiger partial charge on any atom is 0.263 e. The first-order valence-electron chi connectivity index (χ1n) is 11.5. The Hall–Kier alpha value is -3.96. The molecule has 0 unspecified atom stereocenters. The van der Waals surface area contributed by atoms with E-state index in [1.807, 2.05) is 29.0 Å². The van der Waals surface area contributed by atoms with Gasteiger partial charge in [-0.25, -0.2) is 18.4 Å². The van der Waals surface area contributed by atoms with E-state index in [9.17, 15) is 18.0 Å². The van der Waals surface area contributed by atoms with E-state index in [4.69, 9.17) is 11.6 Å². The number of carbonyl (C=O) groups is 2. The number of piperazine rings is 1. The Morgan fingerprint density at radius 1 is 1.11 bits per heavy atom. The number of sulfonamides is 1. The largest absolute Gasteiger partial charge is 0.335 e. The van der Waals surface area contributed by atoms with Crippen LogP contribution in [0, 0.1) is 0 Å². The van der Waals surface area contributed by atoms with Crippen molar-refractivity contribution in [2.24, 2.45) is 0 Å². The number of nitrogens with zero attached hydrogens (tertiary/aromatic N) is 5. The molecule has 194 valence electrons. The monoisotopic (exact) mass is 542 g/mol. The van der Waals surface area contributed by atoms with E-state index in [0.717, 1.165) is 10.9 Å². The van der Waals surface area contributed by atoms with Gasteiger partial charge in [0.25, 0.3) is 10.0 Å². The van der Waals surface area contributed by atoms with Crippen LogP contribution in [0.3, 0.4) is 0 Å². The van der Waals surface area contributed by atoms with Crippen LogP contribution in [0.1, 0.15) is 15.8 Å². The number of fused-ring (bicyclic) bond motifs is 1. The Morgan fingerprint density at radius 3 is 2.59 bits per heavy atom. The van der Waals surface area contributed by atoms with Crippen molar-refractivity contribution in [2.75, 3.05) is 29.3 Å². The molecule has 1 aliphatic rings. The summed E-state index contributed by atoms with van der Waals surface area (Å²) < 4.78 is 29.5. The van der Waals surface area contributed by atoms with Crippen LogP contribution in [0.15, 0.2) is 78.2 Å². The molecule has 2 aromatic carbocycles. The highest BCUT2D eigenvalue weighted by molar-refractivity contribution is 7.92. The van der Waals surface area contributed by atoms with Gasteiger partial charge in [0, 0.05) is 39.0 Å². The molecule has 1 fully saturated rings.